The fourth-order valence-corrected chi connectivity index (χ4v) is 3.98. The van der Waals surface area contributed by atoms with Crippen LogP contribution in [0.4, 0.5) is 13.2 Å². The van der Waals surface area contributed by atoms with Gasteiger partial charge in [0.2, 0.25) is 0 Å². The molecular formula is C22H25ClF3N5O. The van der Waals surface area contributed by atoms with E-state index < -0.39 is 11.7 Å². The second kappa shape index (κ2) is 10.3. The summed E-state index contributed by atoms with van der Waals surface area (Å²) >= 11 is 0. The number of ether oxygens (including phenoxy) is 1. The molecule has 0 radical (unpaired) electrons. The van der Waals surface area contributed by atoms with Crippen molar-refractivity contribution in [2.45, 2.75) is 38.0 Å². The molecule has 6 nitrogen and oxygen atoms in total. The molecule has 2 aromatic carbocycles. The summed E-state index contributed by atoms with van der Waals surface area (Å²) in [7, 11) is 1.61. The number of hydrogen-bond donors (Lipinski definition) is 0. The maximum Gasteiger partial charge on any atom is 0.416 e. The molecule has 172 valence electrons. The summed E-state index contributed by atoms with van der Waals surface area (Å²) in [6.45, 7) is 2.15. The Balaban J connectivity index is 0.00000289. The molecule has 2 heterocycles. The number of rotatable bonds is 6. The molecular weight excluding hydrogens is 443 g/mol. The van der Waals surface area contributed by atoms with Crippen molar-refractivity contribution in [2.24, 2.45) is 0 Å². The first kappa shape index (κ1) is 24.0. The normalized spacial score (nSPS) is 15.8. The fraction of sp³-hybridized carbons (Fsp3) is 0.409. The van der Waals surface area contributed by atoms with Crippen LogP contribution in [0.2, 0.25) is 0 Å². The van der Waals surface area contributed by atoms with Crippen LogP contribution in [-0.4, -0.2) is 45.3 Å². The number of halogens is 4. The van der Waals surface area contributed by atoms with Gasteiger partial charge in [0.25, 0.3) is 0 Å². The van der Waals surface area contributed by atoms with Gasteiger partial charge in [0.15, 0.2) is 5.82 Å². The highest BCUT2D eigenvalue weighted by molar-refractivity contribution is 5.85. The third-order valence-corrected chi connectivity index (χ3v) is 5.61. The molecule has 1 aromatic heterocycles. The van der Waals surface area contributed by atoms with Crippen LogP contribution < -0.4 is 4.74 Å². The van der Waals surface area contributed by atoms with E-state index in [1.807, 2.05) is 24.3 Å². The number of hydrogen-bond acceptors (Lipinski definition) is 5. The predicted molar refractivity (Wildman–Crippen MR) is 116 cm³/mol. The first-order chi connectivity index (χ1) is 15.0. The van der Waals surface area contributed by atoms with Gasteiger partial charge in [-0.05, 0) is 71.8 Å². The molecule has 1 fully saturated rings. The fourth-order valence-electron chi connectivity index (χ4n) is 3.98. The van der Waals surface area contributed by atoms with Gasteiger partial charge in [0.05, 0.1) is 25.3 Å². The van der Waals surface area contributed by atoms with E-state index in [0.29, 0.717) is 12.4 Å². The van der Waals surface area contributed by atoms with Gasteiger partial charge in [-0.3, -0.25) is 4.90 Å². The lowest BCUT2D eigenvalue weighted by molar-refractivity contribution is -0.137. The third kappa shape index (κ3) is 5.39. The van der Waals surface area contributed by atoms with Gasteiger partial charge in [-0.25, -0.2) is 4.68 Å². The summed E-state index contributed by atoms with van der Waals surface area (Å²) in [6, 6.07) is 12.7. The predicted octanol–water partition coefficient (Wildman–Crippen LogP) is 4.75. The van der Waals surface area contributed by atoms with Gasteiger partial charge in [-0.1, -0.05) is 30.7 Å². The molecule has 0 spiro atoms. The molecule has 0 N–H and O–H groups in total. The number of methoxy groups -OCH3 is 1. The molecule has 1 atom stereocenters. The van der Waals surface area contributed by atoms with Crippen LogP contribution in [0.25, 0.3) is 0 Å². The Morgan fingerprint density at radius 1 is 0.969 bits per heavy atom. The van der Waals surface area contributed by atoms with E-state index in [-0.39, 0.29) is 18.4 Å². The number of tetrazole rings is 1. The Morgan fingerprint density at radius 3 is 2.22 bits per heavy atom. The van der Waals surface area contributed by atoms with Gasteiger partial charge in [-0.2, -0.15) is 13.2 Å². The summed E-state index contributed by atoms with van der Waals surface area (Å²) in [4.78, 5) is 2.25. The first-order valence-corrected chi connectivity index (χ1v) is 10.3. The van der Waals surface area contributed by atoms with Crippen LogP contribution in [0.5, 0.6) is 5.75 Å². The Bertz CT molecular complexity index is 986. The smallest absolute Gasteiger partial charge is 0.416 e. The highest BCUT2D eigenvalue weighted by Gasteiger charge is 2.32. The highest BCUT2D eigenvalue weighted by Crippen LogP contribution is 2.33. The zero-order chi connectivity index (χ0) is 21.8. The molecule has 10 heteroatoms. The molecule has 0 bridgehead atoms. The molecule has 0 saturated carbocycles. The van der Waals surface area contributed by atoms with Crippen LogP contribution in [0.15, 0.2) is 48.5 Å². The summed E-state index contributed by atoms with van der Waals surface area (Å²) in [6.07, 6.45) is -1.14. The molecule has 0 aliphatic carbocycles. The lowest BCUT2D eigenvalue weighted by Gasteiger charge is -2.34. The summed E-state index contributed by atoms with van der Waals surface area (Å²) in [5, 5.41) is 12.3. The van der Waals surface area contributed by atoms with Crippen LogP contribution in [0, 0.1) is 0 Å². The second-order valence-electron chi connectivity index (χ2n) is 7.66. The SMILES string of the molecule is COc1ccc(Cn2nnnc2C(c2ccc(C(F)(F)F)cc2)N2CCCCC2)cc1.Cl. The van der Waals surface area contributed by atoms with Crippen LogP contribution in [0.3, 0.4) is 0 Å². The zero-order valence-electron chi connectivity index (χ0n) is 17.6. The van der Waals surface area contributed by atoms with E-state index in [9.17, 15) is 13.2 Å². The van der Waals surface area contributed by atoms with E-state index in [4.69, 9.17) is 4.74 Å². The molecule has 3 aromatic rings. The van der Waals surface area contributed by atoms with Crippen molar-refractivity contribution in [1.29, 1.82) is 0 Å². The topological polar surface area (TPSA) is 56.1 Å². The van der Waals surface area contributed by atoms with Gasteiger partial charge < -0.3 is 4.74 Å². The Kier molecular flexibility index (Phi) is 7.73. The zero-order valence-corrected chi connectivity index (χ0v) is 18.4. The number of aromatic nitrogens is 4. The van der Waals surface area contributed by atoms with E-state index in [1.54, 1.807) is 11.8 Å². The standard InChI is InChI=1S/C22H24F3N5O.ClH/c1-31-19-11-5-16(6-12-19)15-30-21(26-27-28-30)20(29-13-3-2-4-14-29)17-7-9-18(10-8-17)22(23,24)25;/h5-12,20H,2-4,13-15H2,1H3;1H. The first-order valence-electron chi connectivity index (χ1n) is 10.3. The third-order valence-electron chi connectivity index (χ3n) is 5.61. The van der Waals surface area contributed by atoms with E-state index in [0.717, 1.165) is 61.4 Å². The number of piperidine rings is 1. The minimum atomic E-state index is -4.37. The molecule has 4 rings (SSSR count). The molecule has 32 heavy (non-hydrogen) atoms. The van der Waals surface area contributed by atoms with Gasteiger partial charge in [0.1, 0.15) is 5.75 Å². The Morgan fingerprint density at radius 2 is 1.62 bits per heavy atom. The van der Waals surface area contributed by atoms with Crippen molar-refractivity contribution >= 4 is 12.4 Å². The van der Waals surface area contributed by atoms with Crippen molar-refractivity contribution in [3.05, 3.63) is 71.0 Å². The van der Waals surface area contributed by atoms with Gasteiger partial charge >= 0.3 is 6.18 Å². The number of benzene rings is 2. The van der Waals surface area contributed by atoms with Gasteiger partial charge in [0, 0.05) is 0 Å². The number of alkyl halides is 3. The maximum atomic E-state index is 13.1. The number of nitrogens with zero attached hydrogens (tertiary/aromatic N) is 5. The summed E-state index contributed by atoms with van der Waals surface area (Å²) < 4.78 is 46.1. The Hall–Kier alpha value is -2.65. The lowest BCUT2D eigenvalue weighted by Crippen LogP contribution is -2.36. The van der Waals surface area contributed by atoms with Crippen molar-refractivity contribution in [1.82, 2.24) is 25.1 Å². The van der Waals surface area contributed by atoms with Crippen molar-refractivity contribution in [3.63, 3.8) is 0 Å². The molecule has 1 aliphatic rings. The van der Waals surface area contributed by atoms with E-state index in [1.165, 1.54) is 12.1 Å². The summed E-state index contributed by atoms with van der Waals surface area (Å²) in [5.74, 6) is 1.38. The lowest BCUT2D eigenvalue weighted by atomic mass is 9.99. The van der Waals surface area contributed by atoms with Crippen molar-refractivity contribution in [3.8, 4) is 5.75 Å². The average Bonchev–Trinajstić information content (AvgIpc) is 3.22. The molecule has 1 unspecified atom stereocenters. The van der Waals surface area contributed by atoms with Crippen LogP contribution >= 0.6 is 12.4 Å². The summed E-state index contributed by atoms with van der Waals surface area (Å²) in [5.41, 5.74) is 1.09. The monoisotopic (exact) mass is 467 g/mol. The molecule has 1 aliphatic heterocycles. The van der Waals surface area contributed by atoms with Crippen LogP contribution in [-0.2, 0) is 12.7 Å². The second-order valence-corrected chi connectivity index (χ2v) is 7.66. The van der Waals surface area contributed by atoms with Crippen molar-refractivity contribution < 1.29 is 17.9 Å². The molecule has 1 saturated heterocycles. The van der Waals surface area contributed by atoms with E-state index >= 15 is 0 Å². The highest BCUT2D eigenvalue weighted by atomic mass is 35.5. The minimum absolute atomic E-state index is 0. The molecule has 0 amide bonds. The average molecular weight is 468 g/mol. The van der Waals surface area contributed by atoms with E-state index in [2.05, 4.69) is 20.4 Å². The van der Waals surface area contributed by atoms with Gasteiger partial charge in [-0.15, -0.1) is 17.5 Å². The maximum absolute atomic E-state index is 13.1. The number of likely N-dealkylation sites (tertiary alicyclic amines) is 1. The Labute approximate surface area is 190 Å². The van der Waals surface area contributed by atoms with Crippen LogP contribution in [0.1, 0.15) is 47.8 Å². The largest absolute Gasteiger partial charge is 0.497 e. The van der Waals surface area contributed by atoms with Crippen molar-refractivity contribution in [2.75, 3.05) is 20.2 Å². The quantitative estimate of drug-likeness (QED) is 0.524. The minimum Gasteiger partial charge on any atom is -0.497 e.